The molecule has 0 atom stereocenters. The van der Waals surface area contributed by atoms with E-state index in [1.54, 1.807) is 16.4 Å². The van der Waals surface area contributed by atoms with Crippen molar-refractivity contribution in [3.8, 4) is 6.07 Å². The third-order valence-corrected chi connectivity index (χ3v) is 7.08. The zero-order chi connectivity index (χ0) is 21.8. The van der Waals surface area contributed by atoms with E-state index in [0.717, 1.165) is 56.6 Å². The summed E-state index contributed by atoms with van der Waals surface area (Å²) in [6, 6.07) is 2.08. The lowest BCUT2D eigenvalue weighted by Gasteiger charge is -2.26. The van der Waals surface area contributed by atoms with Crippen LogP contribution in [0, 0.1) is 18.3 Å². The van der Waals surface area contributed by atoms with Crippen LogP contribution in [0.4, 0.5) is 5.82 Å². The Balaban J connectivity index is 2.11. The first-order chi connectivity index (χ1) is 14.4. The van der Waals surface area contributed by atoms with E-state index in [0.29, 0.717) is 27.9 Å². The summed E-state index contributed by atoms with van der Waals surface area (Å²) in [6.07, 6.45) is 7.04. The van der Waals surface area contributed by atoms with Crippen LogP contribution in [-0.2, 0) is 11.3 Å². The topological polar surface area (TPSA) is 69.3 Å². The number of nitriles is 1. The molecule has 6 nitrogen and oxygen atoms in total. The molecule has 3 heterocycles. The molecule has 2 aliphatic rings. The van der Waals surface area contributed by atoms with Crippen molar-refractivity contribution in [3.63, 3.8) is 0 Å². The Morgan fingerprint density at radius 3 is 2.50 bits per heavy atom. The molecule has 8 heteroatoms. The molecule has 2 saturated heterocycles. The smallest absolute Gasteiger partial charge is 0.270 e. The van der Waals surface area contributed by atoms with Crippen LogP contribution in [0.2, 0.25) is 0 Å². The average Bonchev–Trinajstić information content (AvgIpc) is 3.34. The summed E-state index contributed by atoms with van der Waals surface area (Å²) in [6.45, 7) is 8.67. The minimum atomic E-state index is -0.260. The minimum Gasteiger partial charge on any atom is -0.357 e. The van der Waals surface area contributed by atoms with Crippen molar-refractivity contribution in [1.82, 2.24) is 9.47 Å². The van der Waals surface area contributed by atoms with Gasteiger partial charge in [0.15, 0.2) is 0 Å². The first kappa shape index (κ1) is 22.6. The second kappa shape index (κ2) is 9.80. The van der Waals surface area contributed by atoms with E-state index in [1.165, 1.54) is 11.8 Å². The van der Waals surface area contributed by atoms with Crippen LogP contribution in [0.15, 0.2) is 9.70 Å². The highest BCUT2D eigenvalue weighted by atomic mass is 32.2. The normalized spacial score (nSPS) is 18.0. The Morgan fingerprint density at radius 1 is 1.20 bits per heavy atom. The highest BCUT2D eigenvalue weighted by Gasteiger charge is 2.33. The number of pyridine rings is 1. The lowest BCUT2D eigenvalue weighted by molar-refractivity contribution is -0.122. The number of rotatable bonds is 7. The van der Waals surface area contributed by atoms with Gasteiger partial charge in [-0.2, -0.15) is 5.26 Å². The Hall–Kier alpha value is -2.11. The van der Waals surface area contributed by atoms with Gasteiger partial charge in [0.25, 0.3) is 11.5 Å². The van der Waals surface area contributed by atoms with Crippen molar-refractivity contribution in [2.24, 2.45) is 0 Å². The summed E-state index contributed by atoms with van der Waals surface area (Å²) in [5.74, 6) is 0.730. The zero-order valence-corrected chi connectivity index (χ0v) is 19.5. The summed E-state index contributed by atoms with van der Waals surface area (Å²) in [4.78, 5) is 30.4. The van der Waals surface area contributed by atoms with Gasteiger partial charge in [-0.15, -0.1) is 0 Å². The van der Waals surface area contributed by atoms with Crippen molar-refractivity contribution in [2.45, 2.75) is 59.4 Å². The van der Waals surface area contributed by atoms with Crippen LogP contribution in [0.3, 0.4) is 0 Å². The van der Waals surface area contributed by atoms with Crippen LogP contribution < -0.4 is 10.5 Å². The Bertz CT molecular complexity index is 984. The molecule has 0 bridgehead atoms. The van der Waals surface area contributed by atoms with Crippen LogP contribution in [0.1, 0.15) is 62.6 Å². The van der Waals surface area contributed by atoms with E-state index in [2.05, 4.69) is 17.9 Å². The maximum absolute atomic E-state index is 13.0. The fourth-order valence-corrected chi connectivity index (χ4v) is 5.34. The molecular weight excluding hydrogens is 416 g/mol. The van der Waals surface area contributed by atoms with E-state index in [1.807, 2.05) is 13.0 Å². The summed E-state index contributed by atoms with van der Waals surface area (Å²) < 4.78 is 2.25. The highest BCUT2D eigenvalue weighted by Crippen LogP contribution is 2.36. The van der Waals surface area contributed by atoms with Gasteiger partial charge in [0.05, 0.1) is 4.91 Å². The number of hydrogen-bond acceptors (Lipinski definition) is 6. The number of unbranched alkanes of at least 4 members (excludes halogenated alkanes) is 2. The van der Waals surface area contributed by atoms with Crippen molar-refractivity contribution < 1.29 is 4.79 Å². The Kier molecular flexibility index (Phi) is 7.37. The van der Waals surface area contributed by atoms with Crippen molar-refractivity contribution in [1.29, 1.82) is 5.26 Å². The summed E-state index contributed by atoms with van der Waals surface area (Å²) in [7, 11) is 0. The number of thioether (sulfide) groups is 1. The fraction of sp³-hybridized carbons (Fsp3) is 0.545. The number of aromatic nitrogens is 1. The van der Waals surface area contributed by atoms with Gasteiger partial charge in [-0.1, -0.05) is 43.7 Å². The molecule has 0 aromatic carbocycles. The molecule has 0 radical (unpaired) electrons. The van der Waals surface area contributed by atoms with Crippen molar-refractivity contribution >= 4 is 46.1 Å². The largest absolute Gasteiger partial charge is 0.357 e. The molecule has 1 aromatic rings. The van der Waals surface area contributed by atoms with Gasteiger partial charge in [-0.3, -0.25) is 19.1 Å². The molecule has 160 valence electrons. The number of carbonyl (C=O) groups excluding carboxylic acids is 1. The molecule has 2 fully saturated rings. The Labute approximate surface area is 187 Å². The number of amides is 1. The molecule has 0 aliphatic carbocycles. The molecule has 1 amide bonds. The first-order valence-corrected chi connectivity index (χ1v) is 11.8. The second-order valence-corrected chi connectivity index (χ2v) is 9.31. The molecule has 2 aliphatic heterocycles. The van der Waals surface area contributed by atoms with Crippen LogP contribution in [0.25, 0.3) is 6.08 Å². The Morgan fingerprint density at radius 2 is 1.90 bits per heavy atom. The van der Waals surface area contributed by atoms with Gasteiger partial charge < -0.3 is 4.90 Å². The minimum absolute atomic E-state index is 0.0827. The number of nitrogens with zero attached hydrogens (tertiary/aromatic N) is 4. The summed E-state index contributed by atoms with van der Waals surface area (Å²) >= 11 is 6.77. The maximum Gasteiger partial charge on any atom is 0.270 e. The van der Waals surface area contributed by atoms with Gasteiger partial charge in [0, 0.05) is 31.7 Å². The van der Waals surface area contributed by atoms with Gasteiger partial charge >= 0.3 is 0 Å². The first-order valence-electron chi connectivity index (χ1n) is 10.6. The third-order valence-electron chi connectivity index (χ3n) is 5.70. The van der Waals surface area contributed by atoms with Crippen LogP contribution in [0.5, 0.6) is 0 Å². The van der Waals surface area contributed by atoms with Gasteiger partial charge in [-0.05, 0) is 44.7 Å². The molecular formula is C22H28N4O2S2. The van der Waals surface area contributed by atoms with Crippen molar-refractivity contribution in [3.05, 3.63) is 31.9 Å². The second-order valence-electron chi connectivity index (χ2n) is 7.63. The van der Waals surface area contributed by atoms with Crippen LogP contribution in [-0.4, -0.2) is 39.3 Å². The number of carbonyl (C=O) groups is 1. The molecule has 0 saturated carbocycles. The molecule has 3 rings (SSSR count). The van der Waals surface area contributed by atoms with Gasteiger partial charge in [0.2, 0.25) is 0 Å². The predicted octanol–water partition coefficient (Wildman–Crippen LogP) is 4.04. The number of anilines is 1. The van der Waals surface area contributed by atoms with Crippen LogP contribution >= 0.6 is 24.0 Å². The van der Waals surface area contributed by atoms with E-state index in [-0.39, 0.29) is 17.0 Å². The summed E-state index contributed by atoms with van der Waals surface area (Å²) in [5.41, 5.74) is 1.29. The number of hydrogen-bond donors (Lipinski definition) is 0. The maximum atomic E-state index is 13.0. The standard InChI is InChI=1S/C22H28N4O2S2/c1-4-6-7-12-26-21(28)18(30-22(26)29)13-16-15(3)17(14-23)20(27)25(5-2)19(16)24-10-8-9-11-24/h13H,4-12H2,1-3H3/b18-13-. The molecule has 0 N–H and O–H groups in total. The van der Waals surface area contributed by atoms with E-state index >= 15 is 0 Å². The third kappa shape index (κ3) is 4.19. The lowest BCUT2D eigenvalue weighted by Crippen LogP contribution is -2.33. The number of thiocarbonyl (C=S) groups is 1. The SMILES string of the molecule is CCCCCN1C(=O)/C(=C/c2c(C)c(C#N)c(=O)n(CC)c2N2CCCC2)SC1=S. The highest BCUT2D eigenvalue weighted by molar-refractivity contribution is 8.26. The van der Waals surface area contributed by atoms with E-state index in [9.17, 15) is 14.9 Å². The molecule has 1 aromatic heterocycles. The molecule has 30 heavy (non-hydrogen) atoms. The monoisotopic (exact) mass is 444 g/mol. The lowest BCUT2D eigenvalue weighted by atomic mass is 10.0. The average molecular weight is 445 g/mol. The van der Waals surface area contributed by atoms with E-state index < -0.39 is 0 Å². The van der Waals surface area contributed by atoms with Gasteiger partial charge in [-0.25, -0.2) is 0 Å². The quantitative estimate of drug-likeness (QED) is 0.359. The molecule has 0 unspecified atom stereocenters. The zero-order valence-electron chi connectivity index (χ0n) is 17.9. The summed E-state index contributed by atoms with van der Waals surface area (Å²) in [5, 5.41) is 9.62. The van der Waals surface area contributed by atoms with Crippen molar-refractivity contribution in [2.75, 3.05) is 24.5 Å². The van der Waals surface area contributed by atoms with Gasteiger partial charge in [0.1, 0.15) is 21.8 Å². The molecule has 0 spiro atoms. The van der Waals surface area contributed by atoms with E-state index in [4.69, 9.17) is 12.2 Å². The predicted molar refractivity (Wildman–Crippen MR) is 127 cm³/mol. The fourth-order valence-electron chi connectivity index (χ4n) is 4.05.